The first kappa shape index (κ1) is 20.4. The number of hydrogen-bond acceptors (Lipinski definition) is 5. The predicted molar refractivity (Wildman–Crippen MR) is 114 cm³/mol. The van der Waals surface area contributed by atoms with Crippen LogP contribution in [0, 0.1) is 5.82 Å². The van der Waals surface area contributed by atoms with Gasteiger partial charge >= 0.3 is 0 Å². The normalized spacial score (nSPS) is 14.9. The van der Waals surface area contributed by atoms with E-state index in [9.17, 15) is 4.39 Å². The standard InChI is InChI=1S/C20H25FN6.ClH/c1-13(2)18-12-23-20-17(24-16-5-3-4-14(21)10-16)11-19(26-27(18)20)25-15-6-8-22-9-7-15;/h3-5,10-13,15,22,24H,6-9H2,1-2H3,(H,25,26);1H. The van der Waals surface area contributed by atoms with Crippen molar-refractivity contribution in [3.05, 3.63) is 48.0 Å². The summed E-state index contributed by atoms with van der Waals surface area (Å²) in [6.07, 6.45) is 3.98. The van der Waals surface area contributed by atoms with Crippen molar-refractivity contribution in [1.29, 1.82) is 0 Å². The van der Waals surface area contributed by atoms with Crippen LogP contribution < -0.4 is 16.0 Å². The molecule has 1 aromatic carbocycles. The molecule has 1 fully saturated rings. The summed E-state index contributed by atoms with van der Waals surface area (Å²) >= 11 is 0. The molecule has 3 heterocycles. The SMILES string of the molecule is CC(C)c1cnc2c(Nc3cccc(F)c3)cc(NC3CCNCC3)nn12.Cl. The smallest absolute Gasteiger partial charge is 0.177 e. The second-order valence-corrected chi connectivity index (χ2v) is 7.32. The van der Waals surface area contributed by atoms with Crippen LogP contribution >= 0.6 is 12.4 Å². The number of imidazole rings is 1. The zero-order valence-corrected chi connectivity index (χ0v) is 16.9. The number of nitrogens with one attached hydrogen (secondary N) is 3. The number of nitrogens with zero attached hydrogens (tertiary/aromatic N) is 3. The van der Waals surface area contributed by atoms with Crippen LogP contribution in [0.5, 0.6) is 0 Å². The quantitative estimate of drug-likeness (QED) is 0.591. The summed E-state index contributed by atoms with van der Waals surface area (Å²) in [4.78, 5) is 4.55. The zero-order chi connectivity index (χ0) is 18.8. The Morgan fingerprint density at radius 1 is 1.21 bits per heavy atom. The van der Waals surface area contributed by atoms with E-state index in [1.807, 2.05) is 22.8 Å². The summed E-state index contributed by atoms with van der Waals surface area (Å²) in [7, 11) is 0. The minimum Gasteiger partial charge on any atom is -0.366 e. The number of aromatic nitrogens is 3. The van der Waals surface area contributed by atoms with Gasteiger partial charge in [-0.1, -0.05) is 19.9 Å². The highest BCUT2D eigenvalue weighted by Gasteiger charge is 2.17. The summed E-state index contributed by atoms with van der Waals surface area (Å²) in [6, 6.07) is 8.79. The van der Waals surface area contributed by atoms with E-state index >= 15 is 0 Å². The van der Waals surface area contributed by atoms with Gasteiger partial charge in [-0.25, -0.2) is 13.9 Å². The fraction of sp³-hybridized carbons (Fsp3) is 0.400. The van der Waals surface area contributed by atoms with Gasteiger partial charge in [-0.3, -0.25) is 0 Å². The molecule has 4 rings (SSSR count). The summed E-state index contributed by atoms with van der Waals surface area (Å²) in [5.41, 5.74) is 3.27. The van der Waals surface area contributed by atoms with Crippen molar-refractivity contribution in [3.63, 3.8) is 0 Å². The van der Waals surface area contributed by atoms with E-state index in [1.165, 1.54) is 12.1 Å². The minimum absolute atomic E-state index is 0. The molecule has 3 N–H and O–H groups in total. The Labute approximate surface area is 170 Å². The van der Waals surface area contributed by atoms with Gasteiger partial charge in [-0.05, 0) is 50.0 Å². The number of anilines is 3. The Bertz CT molecular complexity index is 936. The maximum atomic E-state index is 13.6. The lowest BCUT2D eigenvalue weighted by molar-refractivity contribution is 0.477. The predicted octanol–water partition coefficient (Wildman–Crippen LogP) is 4.32. The number of halogens is 2. The third-order valence-corrected chi connectivity index (χ3v) is 4.88. The van der Waals surface area contributed by atoms with Gasteiger partial charge in [0.25, 0.3) is 0 Å². The van der Waals surface area contributed by atoms with E-state index < -0.39 is 0 Å². The summed E-state index contributed by atoms with van der Waals surface area (Å²) < 4.78 is 15.5. The van der Waals surface area contributed by atoms with Gasteiger partial charge in [0.15, 0.2) is 5.65 Å². The molecule has 28 heavy (non-hydrogen) atoms. The van der Waals surface area contributed by atoms with Crippen molar-refractivity contribution in [2.45, 2.75) is 38.6 Å². The van der Waals surface area contributed by atoms with Crippen molar-refractivity contribution in [2.24, 2.45) is 0 Å². The molecular formula is C20H26ClFN6. The van der Waals surface area contributed by atoms with Crippen LogP contribution in [0.2, 0.25) is 0 Å². The Morgan fingerprint density at radius 3 is 2.71 bits per heavy atom. The molecule has 1 saturated heterocycles. The molecule has 6 nitrogen and oxygen atoms in total. The van der Waals surface area contributed by atoms with Gasteiger partial charge in [0, 0.05) is 17.8 Å². The molecular weight excluding hydrogens is 379 g/mol. The Balaban J connectivity index is 0.00000225. The first-order valence-corrected chi connectivity index (χ1v) is 9.48. The molecule has 1 aliphatic heterocycles. The van der Waals surface area contributed by atoms with Gasteiger partial charge in [-0.15, -0.1) is 17.5 Å². The molecule has 0 radical (unpaired) electrons. The number of hydrogen-bond donors (Lipinski definition) is 3. The Morgan fingerprint density at radius 2 is 2.00 bits per heavy atom. The third-order valence-electron chi connectivity index (χ3n) is 4.88. The van der Waals surface area contributed by atoms with E-state index in [-0.39, 0.29) is 18.2 Å². The van der Waals surface area contributed by atoms with E-state index in [4.69, 9.17) is 5.10 Å². The van der Waals surface area contributed by atoms with Gasteiger partial charge in [-0.2, -0.15) is 0 Å². The van der Waals surface area contributed by atoms with Crippen molar-refractivity contribution >= 4 is 35.2 Å². The maximum Gasteiger partial charge on any atom is 0.177 e. The summed E-state index contributed by atoms with van der Waals surface area (Å²) in [5, 5.41) is 15.0. The van der Waals surface area contributed by atoms with Crippen LogP contribution in [-0.4, -0.2) is 33.7 Å². The number of piperidine rings is 1. The van der Waals surface area contributed by atoms with Crippen molar-refractivity contribution in [3.8, 4) is 0 Å². The molecule has 2 aromatic heterocycles. The van der Waals surface area contributed by atoms with E-state index in [1.54, 1.807) is 6.07 Å². The van der Waals surface area contributed by atoms with Crippen LogP contribution in [0.1, 0.15) is 38.3 Å². The zero-order valence-electron chi connectivity index (χ0n) is 16.1. The highest BCUT2D eigenvalue weighted by molar-refractivity contribution is 5.85. The van der Waals surface area contributed by atoms with Gasteiger partial charge < -0.3 is 16.0 Å². The molecule has 8 heteroatoms. The molecule has 0 spiro atoms. The highest BCUT2D eigenvalue weighted by Crippen LogP contribution is 2.27. The van der Waals surface area contributed by atoms with Crippen molar-refractivity contribution in [1.82, 2.24) is 19.9 Å². The topological polar surface area (TPSA) is 66.3 Å². The third kappa shape index (κ3) is 4.36. The lowest BCUT2D eigenvalue weighted by Crippen LogP contribution is -2.35. The highest BCUT2D eigenvalue weighted by atomic mass is 35.5. The van der Waals surface area contributed by atoms with Crippen LogP contribution in [0.15, 0.2) is 36.5 Å². The first-order valence-electron chi connectivity index (χ1n) is 9.48. The molecule has 1 aliphatic rings. The van der Waals surface area contributed by atoms with Crippen LogP contribution in [0.3, 0.4) is 0 Å². The van der Waals surface area contributed by atoms with Gasteiger partial charge in [0.05, 0.1) is 17.6 Å². The molecule has 3 aromatic rings. The Hall–Kier alpha value is -2.38. The van der Waals surface area contributed by atoms with E-state index in [0.717, 1.165) is 48.8 Å². The fourth-order valence-corrected chi connectivity index (χ4v) is 3.44. The molecule has 0 aliphatic carbocycles. The lowest BCUT2D eigenvalue weighted by Gasteiger charge is -2.24. The summed E-state index contributed by atoms with van der Waals surface area (Å²) in [6.45, 7) is 6.27. The molecule has 0 unspecified atom stereocenters. The first-order chi connectivity index (χ1) is 13.1. The molecule has 0 atom stereocenters. The van der Waals surface area contributed by atoms with Crippen molar-refractivity contribution < 1.29 is 4.39 Å². The van der Waals surface area contributed by atoms with Gasteiger partial charge in [0.2, 0.25) is 0 Å². The summed E-state index contributed by atoms with van der Waals surface area (Å²) in [5.74, 6) is 0.821. The fourth-order valence-electron chi connectivity index (χ4n) is 3.44. The van der Waals surface area contributed by atoms with Crippen molar-refractivity contribution in [2.75, 3.05) is 23.7 Å². The van der Waals surface area contributed by atoms with Crippen LogP contribution in [0.4, 0.5) is 21.6 Å². The molecule has 0 saturated carbocycles. The number of fused-ring (bicyclic) bond motifs is 1. The maximum absolute atomic E-state index is 13.6. The average Bonchev–Trinajstić information content (AvgIpc) is 3.07. The lowest BCUT2D eigenvalue weighted by atomic mass is 10.1. The number of benzene rings is 1. The second-order valence-electron chi connectivity index (χ2n) is 7.32. The van der Waals surface area contributed by atoms with E-state index in [2.05, 4.69) is 34.8 Å². The molecule has 150 valence electrons. The minimum atomic E-state index is -0.274. The second kappa shape index (κ2) is 8.75. The van der Waals surface area contributed by atoms with Crippen LogP contribution in [-0.2, 0) is 0 Å². The molecule has 0 bridgehead atoms. The average molecular weight is 405 g/mol. The van der Waals surface area contributed by atoms with Crippen LogP contribution in [0.25, 0.3) is 5.65 Å². The van der Waals surface area contributed by atoms with Gasteiger partial charge in [0.1, 0.15) is 11.6 Å². The Kier molecular flexibility index (Phi) is 6.36. The number of rotatable bonds is 5. The molecule has 0 amide bonds. The van der Waals surface area contributed by atoms with E-state index in [0.29, 0.717) is 17.6 Å². The largest absolute Gasteiger partial charge is 0.366 e. The monoisotopic (exact) mass is 404 g/mol.